The Hall–Kier alpha value is -2.88. The first-order valence-corrected chi connectivity index (χ1v) is 7.84. The van der Waals surface area contributed by atoms with E-state index < -0.39 is 0 Å². The lowest BCUT2D eigenvalue weighted by Crippen LogP contribution is -2.30. The Bertz CT molecular complexity index is 806. The number of hydrogen-bond acceptors (Lipinski definition) is 5. The molecular weight excluding hydrogens is 304 g/mol. The number of nitrogens with zero attached hydrogens (tertiary/aromatic N) is 5. The molecule has 0 unspecified atom stereocenters. The molecule has 0 saturated carbocycles. The van der Waals surface area contributed by atoms with Crippen molar-refractivity contribution in [2.75, 3.05) is 18.4 Å². The minimum absolute atomic E-state index is 0.00213. The predicted molar refractivity (Wildman–Crippen MR) is 89.3 cm³/mol. The highest BCUT2D eigenvalue weighted by molar-refractivity contribution is 5.74. The Morgan fingerprint density at radius 2 is 2.21 bits per heavy atom. The van der Waals surface area contributed by atoms with Crippen LogP contribution < -0.4 is 5.32 Å². The van der Waals surface area contributed by atoms with Crippen LogP contribution in [0.3, 0.4) is 0 Å². The molecule has 7 nitrogen and oxygen atoms in total. The van der Waals surface area contributed by atoms with Crippen LogP contribution in [0.1, 0.15) is 29.8 Å². The predicted octanol–water partition coefficient (Wildman–Crippen LogP) is 1.42. The van der Waals surface area contributed by atoms with E-state index in [2.05, 4.69) is 21.4 Å². The summed E-state index contributed by atoms with van der Waals surface area (Å²) in [7, 11) is 1.93. The number of likely N-dealkylation sites (tertiary alicyclic amines) is 1. The first-order valence-electron chi connectivity index (χ1n) is 7.84. The number of pyridine rings is 1. The topological polar surface area (TPSA) is 86.8 Å². The van der Waals surface area contributed by atoms with Gasteiger partial charge >= 0.3 is 0 Å². The number of carbonyl (C=O) groups is 1. The van der Waals surface area contributed by atoms with E-state index in [1.807, 2.05) is 35.7 Å². The van der Waals surface area contributed by atoms with Crippen LogP contribution in [0.5, 0.6) is 0 Å². The van der Waals surface area contributed by atoms with Crippen molar-refractivity contribution in [1.82, 2.24) is 19.4 Å². The normalized spacial score (nSPS) is 20.0. The van der Waals surface area contributed by atoms with Gasteiger partial charge in [-0.15, -0.1) is 0 Å². The average molecular weight is 324 g/mol. The molecule has 2 atom stereocenters. The summed E-state index contributed by atoms with van der Waals surface area (Å²) in [6.07, 6.45) is 5.32. The van der Waals surface area contributed by atoms with Gasteiger partial charge in [0.25, 0.3) is 0 Å². The van der Waals surface area contributed by atoms with E-state index in [4.69, 9.17) is 0 Å². The molecule has 1 aliphatic heterocycles. The number of imidazole rings is 1. The molecule has 0 radical (unpaired) electrons. The highest BCUT2D eigenvalue weighted by Gasteiger charge is 2.36. The fraction of sp³-hybridized carbons (Fsp3) is 0.412. The van der Waals surface area contributed by atoms with E-state index in [0.717, 1.165) is 17.1 Å². The SMILES string of the molecule is CC(=O)N1C[C@@H](Nc2cc(C)ncc2C#N)[C@H](c2cn(C)cn2)C1. The zero-order valence-electron chi connectivity index (χ0n) is 14.0. The summed E-state index contributed by atoms with van der Waals surface area (Å²) in [5, 5.41) is 12.7. The number of carbonyl (C=O) groups excluding carboxylic acids is 1. The van der Waals surface area contributed by atoms with Crippen molar-refractivity contribution in [3.63, 3.8) is 0 Å². The molecule has 0 bridgehead atoms. The molecular formula is C17H20N6O. The van der Waals surface area contributed by atoms with E-state index in [-0.39, 0.29) is 17.9 Å². The molecule has 1 fully saturated rings. The van der Waals surface area contributed by atoms with Gasteiger partial charge in [-0.05, 0) is 13.0 Å². The number of anilines is 1. The van der Waals surface area contributed by atoms with Gasteiger partial charge in [-0.25, -0.2) is 4.98 Å². The Balaban J connectivity index is 1.90. The molecule has 0 aliphatic carbocycles. The summed E-state index contributed by atoms with van der Waals surface area (Å²) < 4.78 is 1.90. The first-order chi connectivity index (χ1) is 11.5. The molecule has 3 heterocycles. The number of nitrogens with one attached hydrogen (secondary N) is 1. The zero-order chi connectivity index (χ0) is 17.3. The summed E-state index contributed by atoms with van der Waals surface area (Å²) in [6.45, 7) is 4.67. The maximum absolute atomic E-state index is 11.8. The monoisotopic (exact) mass is 324 g/mol. The maximum atomic E-state index is 11.8. The van der Waals surface area contributed by atoms with Crippen LogP contribution in [0, 0.1) is 18.3 Å². The number of hydrogen-bond donors (Lipinski definition) is 1. The van der Waals surface area contributed by atoms with Crippen LogP contribution in [0.15, 0.2) is 24.8 Å². The van der Waals surface area contributed by atoms with Crippen molar-refractivity contribution in [2.24, 2.45) is 7.05 Å². The van der Waals surface area contributed by atoms with Crippen molar-refractivity contribution in [3.05, 3.63) is 41.7 Å². The Morgan fingerprint density at radius 3 is 2.83 bits per heavy atom. The molecule has 3 rings (SSSR count). The van der Waals surface area contributed by atoms with Crippen molar-refractivity contribution < 1.29 is 4.79 Å². The number of aryl methyl sites for hydroxylation is 2. The highest BCUT2D eigenvalue weighted by atomic mass is 16.2. The second-order valence-corrected chi connectivity index (χ2v) is 6.23. The van der Waals surface area contributed by atoms with E-state index in [9.17, 15) is 10.1 Å². The van der Waals surface area contributed by atoms with Crippen LogP contribution in [0.2, 0.25) is 0 Å². The zero-order valence-corrected chi connectivity index (χ0v) is 14.0. The van der Waals surface area contributed by atoms with Gasteiger partial charge in [0.15, 0.2) is 0 Å². The average Bonchev–Trinajstić information content (AvgIpc) is 3.14. The van der Waals surface area contributed by atoms with Gasteiger partial charge in [-0.3, -0.25) is 9.78 Å². The largest absolute Gasteiger partial charge is 0.379 e. The molecule has 1 aliphatic rings. The standard InChI is InChI=1S/C17H20N6O/c1-11-4-15(13(5-18)6-19-11)21-17-9-23(12(2)24)7-14(17)16-8-22(3)10-20-16/h4,6,8,10,14,17H,7,9H2,1-3H3,(H,19,21)/t14-,17+/m0/s1. The van der Waals surface area contributed by atoms with Gasteiger partial charge in [0.05, 0.1) is 29.3 Å². The summed E-state index contributed by atoms with van der Waals surface area (Å²) in [5.41, 5.74) is 3.04. The minimum atomic E-state index is -0.00213. The van der Waals surface area contributed by atoms with Crippen LogP contribution in [-0.2, 0) is 11.8 Å². The van der Waals surface area contributed by atoms with Crippen molar-refractivity contribution in [3.8, 4) is 6.07 Å². The molecule has 2 aromatic rings. The van der Waals surface area contributed by atoms with Gasteiger partial charge < -0.3 is 14.8 Å². The van der Waals surface area contributed by atoms with Crippen molar-refractivity contribution in [1.29, 1.82) is 5.26 Å². The number of amides is 1. The molecule has 24 heavy (non-hydrogen) atoms. The summed E-state index contributed by atoms with van der Waals surface area (Å²) in [5.74, 6) is 0.127. The van der Waals surface area contributed by atoms with Crippen molar-refractivity contribution >= 4 is 11.6 Å². The number of rotatable bonds is 3. The third-order valence-corrected chi connectivity index (χ3v) is 4.37. The lowest BCUT2D eigenvalue weighted by atomic mass is 9.99. The van der Waals surface area contributed by atoms with Crippen LogP contribution in [0.25, 0.3) is 0 Å². The second kappa shape index (κ2) is 6.32. The van der Waals surface area contributed by atoms with E-state index in [0.29, 0.717) is 18.7 Å². The molecule has 7 heteroatoms. The molecule has 1 amide bonds. The molecule has 1 N–H and O–H groups in total. The Kier molecular flexibility index (Phi) is 4.21. The fourth-order valence-corrected chi connectivity index (χ4v) is 3.10. The van der Waals surface area contributed by atoms with Gasteiger partial charge in [0.1, 0.15) is 6.07 Å². The van der Waals surface area contributed by atoms with Crippen LogP contribution >= 0.6 is 0 Å². The number of aromatic nitrogens is 3. The smallest absolute Gasteiger partial charge is 0.219 e. The Labute approximate surface area is 140 Å². The minimum Gasteiger partial charge on any atom is -0.379 e. The Morgan fingerprint density at radius 1 is 1.42 bits per heavy atom. The molecule has 124 valence electrons. The fourth-order valence-electron chi connectivity index (χ4n) is 3.10. The highest BCUT2D eigenvalue weighted by Crippen LogP contribution is 2.30. The van der Waals surface area contributed by atoms with Crippen LogP contribution in [-0.4, -0.2) is 44.5 Å². The number of nitriles is 1. The van der Waals surface area contributed by atoms with E-state index >= 15 is 0 Å². The van der Waals surface area contributed by atoms with Gasteiger partial charge in [-0.2, -0.15) is 5.26 Å². The van der Waals surface area contributed by atoms with Crippen molar-refractivity contribution in [2.45, 2.75) is 25.8 Å². The van der Waals surface area contributed by atoms with E-state index in [1.165, 1.54) is 0 Å². The third kappa shape index (κ3) is 3.08. The summed E-state index contributed by atoms with van der Waals surface area (Å²) in [4.78, 5) is 22.2. The quantitative estimate of drug-likeness (QED) is 0.923. The van der Waals surface area contributed by atoms with Gasteiger partial charge in [0.2, 0.25) is 5.91 Å². The molecule has 0 aromatic carbocycles. The lowest BCUT2D eigenvalue weighted by Gasteiger charge is -2.20. The second-order valence-electron chi connectivity index (χ2n) is 6.23. The molecule has 1 saturated heterocycles. The van der Waals surface area contributed by atoms with Gasteiger partial charge in [0, 0.05) is 51.1 Å². The van der Waals surface area contributed by atoms with Gasteiger partial charge in [-0.1, -0.05) is 0 Å². The third-order valence-electron chi connectivity index (χ3n) is 4.37. The maximum Gasteiger partial charge on any atom is 0.219 e. The van der Waals surface area contributed by atoms with E-state index in [1.54, 1.807) is 19.4 Å². The first kappa shape index (κ1) is 16.0. The molecule has 2 aromatic heterocycles. The summed E-state index contributed by atoms with van der Waals surface area (Å²) >= 11 is 0. The van der Waals surface area contributed by atoms with Crippen LogP contribution in [0.4, 0.5) is 5.69 Å². The molecule has 0 spiro atoms. The summed E-state index contributed by atoms with van der Waals surface area (Å²) in [6, 6.07) is 4.03. The lowest BCUT2D eigenvalue weighted by molar-refractivity contribution is -0.127.